The number of hydrogen-bond acceptors (Lipinski definition) is 11. The minimum atomic E-state index is -4.46. The molecule has 1 saturated heterocycles. The van der Waals surface area contributed by atoms with Gasteiger partial charge in [0.1, 0.15) is 18.8 Å². The van der Waals surface area contributed by atoms with Crippen molar-refractivity contribution in [2.75, 3.05) is 6.61 Å². The van der Waals surface area contributed by atoms with Crippen LogP contribution < -0.4 is 11.2 Å². The van der Waals surface area contributed by atoms with Crippen LogP contribution in [0.1, 0.15) is 42.9 Å². The number of carbonyl (C=O) groups excluding carboxylic acids is 3. The van der Waals surface area contributed by atoms with Crippen molar-refractivity contribution in [2.24, 2.45) is 0 Å². The van der Waals surface area contributed by atoms with Gasteiger partial charge >= 0.3 is 17.6 Å². The van der Waals surface area contributed by atoms with E-state index in [-0.39, 0.29) is 4.90 Å². The molecule has 0 aliphatic carbocycles. The first-order valence-electron chi connectivity index (χ1n) is 10.6. The molecule has 0 amide bonds. The molecule has 1 aliphatic heterocycles. The number of carbonyl (C=O) groups is 3. The van der Waals surface area contributed by atoms with Crippen molar-refractivity contribution in [2.45, 2.75) is 57.1 Å². The lowest BCUT2D eigenvalue weighted by atomic mass is 10.1. The second-order valence-corrected chi connectivity index (χ2v) is 9.61. The molecule has 2 heterocycles. The number of benzene rings is 1. The van der Waals surface area contributed by atoms with Crippen LogP contribution in [0, 0.1) is 6.92 Å². The normalized spacial score (nSPS) is 21.7. The number of aromatic nitrogens is 2. The van der Waals surface area contributed by atoms with Crippen LogP contribution in [0.15, 0.2) is 44.9 Å². The SMILES string of the molecule is CC(=O)OC[C@H]1O[C@@H](n2cc(C(C)=O)c(=O)[nH]c2=O)[C@H](OC(C)=O)[C@H]1OS(=O)(=O)c1ccc(C)cc1. The fourth-order valence-electron chi connectivity index (χ4n) is 3.53. The van der Waals surface area contributed by atoms with Gasteiger partial charge in [-0.05, 0) is 26.0 Å². The second kappa shape index (κ2) is 10.6. The molecular formula is C22H24N2O11S. The van der Waals surface area contributed by atoms with Gasteiger partial charge < -0.3 is 14.2 Å². The van der Waals surface area contributed by atoms with Crippen molar-refractivity contribution >= 4 is 27.8 Å². The first-order chi connectivity index (χ1) is 16.8. The summed E-state index contributed by atoms with van der Waals surface area (Å²) in [6.07, 6.45) is -5.11. The molecule has 1 aliphatic rings. The maximum absolute atomic E-state index is 13.0. The summed E-state index contributed by atoms with van der Waals surface area (Å²) in [5.41, 5.74) is -1.58. The summed E-state index contributed by atoms with van der Waals surface area (Å²) >= 11 is 0. The Morgan fingerprint density at radius 3 is 2.22 bits per heavy atom. The van der Waals surface area contributed by atoms with Crippen molar-refractivity contribution in [3.8, 4) is 0 Å². The van der Waals surface area contributed by atoms with Crippen LogP contribution in [0.2, 0.25) is 0 Å². The largest absolute Gasteiger partial charge is 0.463 e. The maximum atomic E-state index is 13.0. The van der Waals surface area contributed by atoms with Gasteiger partial charge in [0.15, 0.2) is 18.1 Å². The molecule has 4 atom stereocenters. The lowest BCUT2D eigenvalue weighted by Crippen LogP contribution is -2.43. The number of hydrogen-bond donors (Lipinski definition) is 1. The topological polar surface area (TPSA) is 177 Å². The Hall–Kier alpha value is -3.62. The number of H-pyrrole nitrogens is 1. The summed E-state index contributed by atoms with van der Waals surface area (Å²) < 4.78 is 48.2. The van der Waals surface area contributed by atoms with E-state index in [0.717, 1.165) is 37.1 Å². The predicted molar refractivity (Wildman–Crippen MR) is 121 cm³/mol. The molecule has 1 aromatic carbocycles. The fraction of sp³-hybridized carbons (Fsp3) is 0.409. The quantitative estimate of drug-likeness (QED) is 0.284. The average Bonchev–Trinajstić information content (AvgIpc) is 3.08. The average molecular weight is 525 g/mol. The number of rotatable bonds is 8. The van der Waals surface area contributed by atoms with Gasteiger partial charge in [0.25, 0.3) is 15.7 Å². The molecule has 2 aromatic rings. The Morgan fingerprint density at radius 1 is 1.03 bits per heavy atom. The Kier molecular flexibility index (Phi) is 7.91. The lowest BCUT2D eigenvalue weighted by molar-refractivity contribution is -0.155. The zero-order chi connectivity index (χ0) is 26.8. The second-order valence-electron chi connectivity index (χ2n) is 8.04. The van der Waals surface area contributed by atoms with Gasteiger partial charge in [-0.25, -0.2) is 4.79 Å². The molecular weight excluding hydrogens is 500 g/mol. The number of ketones is 1. The summed E-state index contributed by atoms with van der Waals surface area (Å²) in [4.78, 5) is 61.5. The highest BCUT2D eigenvalue weighted by Gasteiger charge is 2.51. The zero-order valence-electron chi connectivity index (χ0n) is 19.7. The highest BCUT2D eigenvalue weighted by molar-refractivity contribution is 7.86. The van der Waals surface area contributed by atoms with Gasteiger partial charge in [0.2, 0.25) is 0 Å². The van der Waals surface area contributed by atoms with Crippen molar-refractivity contribution < 1.29 is 41.2 Å². The molecule has 0 saturated carbocycles. The number of nitrogens with one attached hydrogen (secondary N) is 1. The van der Waals surface area contributed by atoms with E-state index in [4.69, 9.17) is 18.4 Å². The summed E-state index contributed by atoms with van der Waals surface area (Å²) in [6, 6.07) is 5.72. The van der Waals surface area contributed by atoms with Crippen LogP contribution >= 0.6 is 0 Å². The predicted octanol–water partition coefficient (Wildman–Crippen LogP) is 0.214. The van der Waals surface area contributed by atoms with Crippen LogP contribution in [0.3, 0.4) is 0 Å². The molecule has 3 rings (SSSR count). The molecule has 13 nitrogen and oxygen atoms in total. The van der Waals surface area contributed by atoms with E-state index < -0.39 is 75.8 Å². The Balaban J connectivity index is 2.10. The van der Waals surface area contributed by atoms with E-state index in [0.29, 0.717) is 0 Å². The first-order valence-corrected chi connectivity index (χ1v) is 12.0. The standard InChI is InChI=1S/C22H24N2O11S/c1-11-5-7-15(8-6-11)36(30,31)35-18-17(10-32-13(3)26)34-21(19(18)33-14(4)27)24-9-16(12(2)25)20(28)23-22(24)29/h5-9,17-19,21H,10H2,1-4H3,(H,23,28,29)/t17-,18+,19-,21-/m1/s1. The molecule has 0 radical (unpaired) electrons. The van der Waals surface area contributed by atoms with Crippen LogP contribution in [-0.2, 0) is 38.1 Å². The smallest absolute Gasteiger partial charge is 0.330 e. The molecule has 1 N–H and O–H groups in total. The van der Waals surface area contributed by atoms with Crippen molar-refractivity contribution in [1.82, 2.24) is 9.55 Å². The third-order valence-corrected chi connectivity index (χ3v) is 6.53. The van der Waals surface area contributed by atoms with E-state index in [9.17, 15) is 32.4 Å². The van der Waals surface area contributed by atoms with E-state index in [1.807, 2.05) is 4.98 Å². The molecule has 0 unspecified atom stereocenters. The fourth-order valence-corrected chi connectivity index (χ4v) is 4.64. The third kappa shape index (κ3) is 5.95. The molecule has 1 fully saturated rings. The van der Waals surface area contributed by atoms with Crippen LogP contribution in [0.25, 0.3) is 0 Å². The number of aromatic amines is 1. The summed E-state index contributed by atoms with van der Waals surface area (Å²) in [7, 11) is -4.46. The molecule has 1 aromatic heterocycles. The van der Waals surface area contributed by atoms with Crippen molar-refractivity contribution in [1.29, 1.82) is 0 Å². The van der Waals surface area contributed by atoms with Gasteiger partial charge in [0, 0.05) is 20.0 Å². The lowest BCUT2D eigenvalue weighted by Gasteiger charge is -2.24. The number of nitrogens with zero attached hydrogens (tertiary/aromatic N) is 1. The van der Waals surface area contributed by atoms with Crippen LogP contribution in [0.4, 0.5) is 0 Å². The summed E-state index contributed by atoms with van der Waals surface area (Å²) in [5, 5.41) is 0. The Bertz CT molecular complexity index is 1390. The van der Waals surface area contributed by atoms with Crippen LogP contribution in [-0.4, -0.2) is 60.6 Å². The van der Waals surface area contributed by atoms with Gasteiger partial charge in [-0.3, -0.25) is 32.9 Å². The van der Waals surface area contributed by atoms with E-state index in [1.165, 1.54) is 12.1 Å². The number of aryl methyl sites for hydroxylation is 1. The first kappa shape index (κ1) is 27.0. The highest BCUT2D eigenvalue weighted by atomic mass is 32.2. The third-order valence-electron chi connectivity index (χ3n) is 5.21. The zero-order valence-corrected chi connectivity index (χ0v) is 20.6. The molecule has 36 heavy (non-hydrogen) atoms. The summed E-state index contributed by atoms with van der Waals surface area (Å²) in [6.45, 7) is 4.49. The van der Waals surface area contributed by atoms with Crippen molar-refractivity contribution in [3.63, 3.8) is 0 Å². The van der Waals surface area contributed by atoms with Gasteiger partial charge in [-0.2, -0.15) is 8.42 Å². The van der Waals surface area contributed by atoms with Crippen molar-refractivity contribution in [3.05, 3.63) is 62.4 Å². The summed E-state index contributed by atoms with van der Waals surface area (Å²) in [5.74, 6) is -2.25. The van der Waals surface area contributed by atoms with Crippen LogP contribution in [0.5, 0.6) is 0 Å². The van der Waals surface area contributed by atoms with Gasteiger partial charge in [-0.15, -0.1) is 0 Å². The highest BCUT2D eigenvalue weighted by Crippen LogP contribution is 2.35. The monoisotopic (exact) mass is 524 g/mol. The van der Waals surface area contributed by atoms with Gasteiger partial charge in [0.05, 0.1) is 10.5 Å². The maximum Gasteiger partial charge on any atom is 0.330 e. The van der Waals surface area contributed by atoms with E-state index in [1.54, 1.807) is 19.1 Å². The molecule has 14 heteroatoms. The Morgan fingerprint density at radius 2 is 1.67 bits per heavy atom. The van der Waals surface area contributed by atoms with Gasteiger partial charge in [-0.1, -0.05) is 17.7 Å². The molecule has 194 valence electrons. The number of Topliss-reactive ketones (excluding diaryl/α,β-unsaturated/α-hetero) is 1. The minimum Gasteiger partial charge on any atom is -0.463 e. The molecule has 0 bridgehead atoms. The molecule has 0 spiro atoms. The Labute approximate surface area is 205 Å². The van der Waals surface area contributed by atoms with E-state index in [2.05, 4.69) is 0 Å². The minimum absolute atomic E-state index is 0.204. The number of esters is 2. The number of ether oxygens (including phenoxy) is 3. The van der Waals surface area contributed by atoms with E-state index >= 15 is 0 Å².